The van der Waals surface area contributed by atoms with E-state index in [2.05, 4.69) is 0 Å². The second kappa shape index (κ2) is 9.73. The number of alkyl halides is 3. The van der Waals surface area contributed by atoms with Gasteiger partial charge in [-0.2, -0.15) is 13.2 Å². The summed E-state index contributed by atoms with van der Waals surface area (Å²) in [6.07, 6.45) is -4.75. The third kappa shape index (κ3) is 6.24. The van der Waals surface area contributed by atoms with Gasteiger partial charge in [0.2, 0.25) is 5.76 Å². The molecule has 32 heavy (non-hydrogen) atoms. The molecule has 0 fully saturated rings. The first-order valence-electron chi connectivity index (χ1n) is 8.92. The van der Waals surface area contributed by atoms with Gasteiger partial charge in [0.25, 0.3) is 5.91 Å². The molecule has 2 aromatic carbocycles. The Labute approximate surface area is 183 Å². The van der Waals surface area contributed by atoms with Crippen molar-refractivity contribution in [3.63, 3.8) is 0 Å². The van der Waals surface area contributed by atoms with Gasteiger partial charge in [-0.1, -0.05) is 11.6 Å². The van der Waals surface area contributed by atoms with Gasteiger partial charge < -0.3 is 19.2 Å². The van der Waals surface area contributed by atoms with E-state index >= 15 is 0 Å². The number of carbonyl (C=O) groups is 2. The van der Waals surface area contributed by atoms with E-state index in [1.165, 1.54) is 42.5 Å². The van der Waals surface area contributed by atoms with Crippen LogP contribution in [0.15, 0.2) is 59.0 Å². The SMILES string of the molecule is O=C(COC(=O)c1ccc(COc2ccc(F)cc2)o1)Nc1ccc(Cl)cc1C(F)(F)F. The van der Waals surface area contributed by atoms with E-state index < -0.39 is 41.7 Å². The van der Waals surface area contributed by atoms with Gasteiger partial charge in [-0.3, -0.25) is 4.79 Å². The molecule has 1 amide bonds. The number of halogens is 5. The highest BCUT2D eigenvalue weighted by Gasteiger charge is 2.34. The zero-order valence-corrected chi connectivity index (χ0v) is 16.8. The molecule has 168 valence electrons. The maximum atomic E-state index is 13.1. The van der Waals surface area contributed by atoms with Crippen molar-refractivity contribution in [2.75, 3.05) is 11.9 Å². The largest absolute Gasteiger partial charge is 0.486 e. The minimum absolute atomic E-state index is 0.0593. The lowest BCUT2D eigenvalue weighted by atomic mass is 10.1. The van der Waals surface area contributed by atoms with Crippen LogP contribution in [0.5, 0.6) is 5.75 Å². The van der Waals surface area contributed by atoms with Crippen LogP contribution in [0.2, 0.25) is 5.02 Å². The molecule has 1 N–H and O–H groups in total. The van der Waals surface area contributed by atoms with Gasteiger partial charge in [0.15, 0.2) is 6.61 Å². The average Bonchev–Trinajstić information content (AvgIpc) is 3.21. The first-order chi connectivity index (χ1) is 15.1. The summed E-state index contributed by atoms with van der Waals surface area (Å²) >= 11 is 5.58. The predicted molar refractivity (Wildman–Crippen MR) is 105 cm³/mol. The summed E-state index contributed by atoms with van der Waals surface area (Å²) in [4.78, 5) is 24.0. The Kier molecular flexibility index (Phi) is 7.04. The van der Waals surface area contributed by atoms with E-state index in [4.69, 9.17) is 25.5 Å². The topological polar surface area (TPSA) is 77.8 Å². The molecule has 0 saturated heterocycles. The summed E-state index contributed by atoms with van der Waals surface area (Å²) in [5, 5.41) is 1.87. The van der Waals surface area contributed by atoms with E-state index in [9.17, 15) is 27.2 Å². The Balaban J connectivity index is 1.53. The fraction of sp³-hybridized carbons (Fsp3) is 0.143. The summed E-state index contributed by atoms with van der Waals surface area (Å²) in [7, 11) is 0. The van der Waals surface area contributed by atoms with E-state index in [1.54, 1.807) is 0 Å². The van der Waals surface area contributed by atoms with Crippen molar-refractivity contribution < 1.29 is 41.0 Å². The van der Waals surface area contributed by atoms with Crippen LogP contribution in [0.1, 0.15) is 21.9 Å². The summed E-state index contributed by atoms with van der Waals surface area (Å²) < 4.78 is 67.5. The normalized spacial score (nSPS) is 11.2. The number of ether oxygens (including phenoxy) is 2. The third-order valence-electron chi connectivity index (χ3n) is 3.95. The van der Waals surface area contributed by atoms with Gasteiger partial charge in [0.1, 0.15) is 23.9 Å². The van der Waals surface area contributed by atoms with Crippen molar-refractivity contribution in [2.24, 2.45) is 0 Å². The molecule has 3 aromatic rings. The fourth-order valence-corrected chi connectivity index (χ4v) is 2.67. The van der Waals surface area contributed by atoms with Crippen molar-refractivity contribution in [3.8, 4) is 5.75 Å². The Bertz CT molecular complexity index is 1110. The molecular weight excluding hydrogens is 458 g/mol. The number of furan rings is 1. The molecule has 0 spiro atoms. The Morgan fingerprint density at radius 2 is 1.75 bits per heavy atom. The maximum absolute atomic E-state index is 13.1. The summed E-state index contributed by atoms with van der Waals surface area (Å²) in [5.74, 6) is -2.02. The molecule has 0 unspecified atom stereocenters. The molecule has 0 bridgehead atoms. The van der Waals surface area contributed by atoms with Crippen LogP contribution >= 0.6 is 11.6 Å². The number of carbonyl (C=O) groups excluding carboxylic acids is 2. The van der Waals surface area contributed by atoms with Crippen LogP contribution in [0.3, 0.4) is 0 Å². The quantitative estimate of drug-likeness (QED) is 0.365. The number of benzene rings is 2. The van der Waals surface area contributed by atoms with Gasteiger partial charge in [0, 0.05) is 5.02 Å². The lowest BCUT2D eigenvalue weighted by Gasteiger charge is -2.14. The number of nitrogens with one attached hydrogen (secondary N) is 1. The molecular formula is C21H14ClF4NO5. The Hall–Kier alpha value is -3.53. The molecule has 0 atom stereocenters. The number of amides is 1. The lowest BCUT2D eigenvalue weighted by molar-refractivity contribution is -0.137. The number of esters is 1. The van der Waals surface area contributed by atoms with Gasteiger partial charge in [-0.25, -0.2) is 9.18 Å². The molecule has 0 radical (unpaired) electrons. The van der Waals surface area contributed by atoms with Gasteiger partial charge in [0.05, 0.1) is 11.3 Å². The van der Waals surface area contributed by atoms with Crippen molar-refractivity contribution >= 4 is 29.2 Å². The van der Waals surface area contributed by atoms with Crippen molar-refractivity contribution in [3.05, 3.63) is 82.5 Å². The zero-order valence-electron chi connectivity index (χ0n) is 16.0. The van der Waals surface area contributed by atoms with Gasteiger partial charge in [-0.05, 0) is 54.6 Å². The van der Waals surface area contributed by atoms with Crippen LogP contribution in [-0.2, 0) is 22.3 Å². The Morgan fingerprint density at radius 3 is 2.44 bits per heavy atom. The van der Waals surface area contributed by atoms with E-state index in [-0.39, 0.29) is 23.2 Å². The molecule has 1 heterocycles. The Morgan fingerprint density at radius 1 is 1.03 bits per heavy atom. The summed E-state index contributed by atoms with van der Waals surface area (Å²) in [6, 6.07) is 10.8. The van der Waals surface area contributed by atoms with Crippen molar-refractivity contribution in [2.45, 2.75) is 12.8 Å². The van der Waals surface area contributed by atoms with E-state index in [0.29, 0.717) is 11.8 Å². The van der Waals surface area contributed by atoms with Crippen LogP contribution in [0, 0.1) is 5.82 Å². The molecule has 3 rings (SSSR count). The first-order valence-corrected chi connectivity index (χ1v) is 9.30. The summed E-state index contributed by atoms with van der Waals surface area (Å²) in [6.45, 7) is -0.906. The monoisotopic (exact) mass is 471 g/mol. The second-order valence-electron chi connectivity index (χ2n) is 6.32. The maximum Gasteiger partial charge on any atom is 0.418 e. The van der Waals surface area contributed by atoms with Gasteiger partial charge in [-0.15, -0.1) is 0 Å². The number of hydrogen-bond acceptors (Lipinski definition) is 5. The summed E-state index contributed by atoms with van der Waals surface area (Å²) in [5.41, 5.74) is -1.66. The average molecular weight is 472 g/mol. The van der Waals surface area contributed by atoms with Crippen LogP contribution in [0.4, 0.5) is 23.2 Å². The molecule has 1 aromatic heterocycles. The number of hydrogen-bond donors (Lipinski definition) is 1. The molecule has 6 nitrogen and oxygen atoms in total. The third-order valence-corrected chi connectivity index (χ3v) is 4.19. The minimum atomic E-state index is -4.75. The molecule has 0 aliphatic heterocycles. The van der Waals surface area contributed by atoms with Gasteiger partial charge >= 0.3 is 12.1 Å². The fourth-order valence-electron chi connectivity index (χ4n) is 2.50. The van der Waals surface area contributed by atoms with Crippen molar-refractivity contribution in [1.82, 2.24) is 0 Å². The first kappa shape index (κ1) is 23.1. The van der Waals surface area contributed by atoms with Crippen LogP contribution in [0.25, 0.3) is 0 Å². The predicted octanol–water partition coefficient (Wildman–Crippen LogP) is 5.47. The molecule has 11 heteroatoms. The molecule has 0 aliphatic rings. The lowest BCUT2D eigenvalue weighted by Crippen LogP contribution is -2.22. The van der Waals surface area contributed by atoms with E-state index in [1.807, 2.05) is 5.32 Å². The highest BCUT2D eigenvalue weighted by molar-refractivity contribution is 6.30. The van der Waals surface area contributed by atoms with E-state index in [0.717, 1.165) is 6.07 Å². The smallest absolute Gasteiger partial charge is 0.418 e. The second-order valence-corrected chi connectivity index (χ2v) is 6.76. The number of rotatable bonds is 7. The highest BCUT2D eigenvalue weighted by Crippen LogP contribution is 2.36. The number of anilines is 1. The van der Waals surface area contributed by atoms with Crippen LogP contribution in [-0.4, -0.2) is 18.5 Å². The van der Waals surface area contributed by atoms with Crippen LogP contribution < -0.4 is 10.1 Å². The molecule has 0 saturated carbocycles. The zero-order chi connectivity index (χ0) is 23.3. The highest BCUT2D eigenvalue weighted by atomic mass is 35.5. The van der Waals surface area contributed by atoms with Crippen molar-refractivity contribution in [1.29, 1.82) is 0 Å². The standard InChI is InChI=1S/C21H14ClF4NO5/c22-12-1-7-17(16(9-12)21(24,25)26)27-19(28)11-31-20(29)18-8-6-15(32-18)10-30-14-4-2-13(23)3-5-14/h1-9H,10-11H2,(H,27,28). The molecule has 0 aliphatic carbocycles. The minimum Gasteiger partial charge on any atom is -0.486 e.